The quantitative estimate of drug-likeness (QED) is 0.269. The molecule has 0 radical (unpaired) electrons. The molecule has 1 aliphatic rings. The van der Waals surface area contributed by atoms with Crippen molar-refractivity contribution in [2.24, 2.45) is 0 Å². The highest BCUT2D eigenvalue weighted by molar-refractivity contribution is 6.03. The summed E-state index contributed by atoms with van der Waals surface area (Å²) in [5.74, 6) is -0.712. The van der Waals surface area contributed by atoms with Gasteiger partial charge in [-0.15, -0.1) is 0 Å². The maximum atomic E-state index is 13.7. The molecule has 5 rings (SSSR count). The number of amides is 2. The number of nitrogens with zero attached hydrogens (tertiary/aromatic N) is 1. The maximum absolute atomic E-state index is 13.7. The van der Waals surface area contributed by atoms with Crippen molar-refractivity contribution >= 4 is 23.2 Å². The number of nitrogens with one attached hydrogen (secondary N) is 2. The number of hydrogen-bond acceptors (Lipinski definition) is 3. The standard InChI is InChI=1S/C34H35N3O2/c38-33(35-22-21-26-13-5-1-6-14-26)30-25-29(19-20-31(30)37-23-11-4-12-24-37)36-34(39)32(27-15-7-2-8-16-27)28-17-9-3-10-18-28/h1-3,5-10,13-20,25,32H,4,11-12,21-24H2,(H,35,38)(H,36,39). The minimum atomic E-state index is -0.461. The summed E-state index contributed by atoms with van der Waals surface area (Å²) in [4.78, 5) is 29.4. The number of hydrogen-bond donors (Lipinski definition) is 2. The van der Waals surface area contributed by atoms with Crippen molar-refractivity contribution in [1.82, 2.24) is 5.32 Å². The van der Waals surface area contributed by atoms with Crippen LogP contribution in [-0.4, -0.2) is 31.4 Å². The van der Waals surface area contributed by atoms with E-state index in [-0.39, 0.29) is 11.8 Å². The fourth-order valence-corrected chi connectivity index (χ4v) is 5.27. The predicted octanol–water partition coefficient (Wildman–Crippen LogP) is 6.42. The Labute approximate surface area is 230 Å². The van der Waals surface area contributed by atoms with Gasteiger partial charge >= 0.3 is 0 Å². The molecule has 4 aromatic rings. The maximum Gasteiger partial charge on any atom is 0.253 e. The third kappa shape index (κ3) is 6.74. The summed E-state index contributed by atoms with van der Waals surface area (Å²) < 4.78 is 0. The van der Waals surface area contributed by atoms with Gasteiger partial charge in [0, 0.05) is 31.0 Å². The zero-order valence-corrected chi connectivity index (χ0v) is 22.2. The van der Waals surface area contributed by atoms with Crippen LogP contribution in [0.3, 0.4) is 0 Å². The first kappa shape index (κ1) is 26.2. The van der Waals surface area contributed by atoms with Crippen LogP contribution in [0, 0.1) is 0 Å². The summed E-state index contributed by atoms with van der Waals surface area (Å²) in [6.07, 6.45) is 4.20. The molecular weight excluding hydrogens is 482 g/mol. The molecule has 1 fully saturated rings. The van der Waals surface area contributed by atoms with Crippen LogP contribution >= 0.6 is 0 Å². The number of piperidine rings is 1. The largest absolute Gasteiger partial charge is 0.371 e. The lowest BCUT2D eigenvalue weighted by Crippen LogP contribution is -2.33. The second kappa shape index (κ2) is 12.9. The van der Waals surface area contributed by atoms with E-state index in [1.54, 1.807) is 0 Å². The van der Waals surface area contributed by atoms with Gasteiger partial charge in [-0.25, -0.2) is 0 Å². The Balaban J connectivity index is 1.39. The molecule has 2 amide bonds. The van der Waals surface area contributed by atoms with Crippen molar-refractivity contribution in [3.8, 4) is 0 Å². The van der Waals surface area contributed by atoms with E-state index in [4.69, 9.17) is 0 Å². The summed E-state index contributed by atoms with van der Waals surface area (Å²) in [5.41, 5.74) is 5.16. The number of rotatable bonds is 9. The fraction of sp³-hybridized carbons (Fsp3) is 0.235. The lowest BCUT2D eigenvalue weighted by atomic mass is 9.90. The number of anilines is 2. The summed E-state index contributed by atoms with van der Waals surface area (Å²) in [5, 5.41) is 6.21. The highest BCUT2D eigenvalue weighted by Crippen LogP contribution is 2.30. The Bertz CT molecular complexity index is 1330. The molecule has 1 saturated heterocycles. The second-order valence-corrected chi connectivity index (χ2v) is 10.0. The van der Waals surface area contributed by atoms with Crippen LogP contribution in [0.15, 0.2) is 109 Å². The van der Waals surface area contributed by atoms with Crippen LogP contribution in [0.5, 0.6) is 0 Å². The first-order valence-corrected chi connectivity index (χ1v) is 13.8. The van der Waals surface area contributed by atoms with Crippen molar-refractivity contribution in [2.45, 2.75) is 31.6 Å². The molecule has 198 valence electrons. The average molecular weight is 518 g/mol. The van der Waals surface area contributed by atoms with Gasteiger partial charge < -0.3 is 15.5 Å². The Kier molecular flexibility index (Phi) is 8.69. The van der Waals surface area contributed by atoms with Crippen LogP contribution in [-0.2, 0) is 11.2 Å². The van der Waals surface area contributed by atoms with E-state index in [9.17, 15) is 9.59 Å². The molecule has 39 heavy (non-hydrogen) atoms. The number of carbonyl (C=O) groups is 2. The van der Waals surface area contributed by atoms with E-state index in [1.165, 1.54) is 12.0 Å². The average Bonchev–Trinajstić information content (AvgIpc) is 2.99. The van der Waals surface area contributed by atoms with Gasteiger partial charge in [0.1, 0.15) is 0 Å². The van der Waals surface area contributed by atoms with E-state index in [1.807, 2.05) is 97.1 Å². The predicted molar refractivity (Wildman–Crippen MR) is 158 cm³/mol. The van der Waals surface area contributed by atoms with Gasteiger partial charge in [0.05, 0.1) is 11.5 Å². The van der Waals surface area contributed by atoms with Gasteiger partial charge in [0.2, 0.25) is 5.91 Å². The molecule has 0 saturated carbocycles. The molecule has 5 heteroatoms. The summed E-state index contributed by atoms with van der Waals surface area (Å²) in [6, 6.07) is 35.5. The molecule has 4 aromatic carbocycles. The van der Waals surface area contributed by atoms with E-state index in [0.717, 1.165) is 49.2 Å². The van der Waals surface area contributed by atoms with E-state index >= 15 is 0 Å². The highest BCUT2D eigenvalue weighted by Gasteiger charge is 2.24. The molecule has 0 unspecified atom stereocenters. The van der Waals surface area contributed by atoms with Crippen molar-refractivity contribution in [3.05, 3.63) is 131 Å². The van der Waals surface area contributed by atoms with Gasteiger partial charge in [0.15, 0.2) is 0 Å². The van der Waals surface area contributed by atoms with Crippen LogP contribution in [0.1, 0.15) is 52.2 Å². The Morgan fingerprint density at radius 3 is 1.92 bits per heavy atom. The minimum Gasteiger partial charge on any atom is -0.371 e. The van der Waals surface area contributed by atoms with E-state index in [2.05, 4.69) is 27.7 Å². The SMILES string of the molecule is O=C(NCCc1ccccc1)c1cc(NC(=O)C(c2ccccc2)c2ccccc2)ccc1N1CCCCC1. The van der Waals surface area contributed by atoms with Crippen LogP contribution < -0.4 is 15.5 Å². The lowest BCUT2D eigenvalue weighted by Gasteiger charge is -2.30. The second-order valence-electron chi connectivity index (χ2n) is 10.0. The third-order valence-corrected chi connectivity index (χ3v) is 7.28. The van der Waals surface area contributed by atoms with Crippen molar-refractivity contribution < 1.29 is 9.59 Å². The van der Waals surface area contributed by atoms with Crippen molar-refractivity contribution in [2.75, 3.05) is 29.9 Å². The monoisotopic (exact) mass is 517 g/mol. The topological polar surface area (TPSA) is 61.4 Å². The molecule has 0 spiro atoms. The van der Waals surface area contributed by atoms with E-state index in [0.29, 0.717) is 17.8 Å². The highest BCUT2D eigenvalue weighted by atomic mass is 16.2. The molecule has 2 N–H and O–H groups in total. The Morgan fingerprint density at radius 1 is 0.718 bits per heavy atom. The smallest absolute Gasteiger partial charge is 0.253 e. The van der Waals surface area contributed by atoms with Gasteiger partial charge in [-0.1, -0.05) is 91.0 Å². The van der Waals surface area contributed by atoms with Crippen LogP contribution in [0.2, 0.25) is 0 Å². The van der Waals surface area contributed by atoms with Gasteiger partial charge in [0.25, 0.3) is 5.91 Å². The number of benzene rings is 4. The minimum absolute atomic E-state index is 0.120. The zero-order chi connectivity index (χ0) is 26.9. The van der Waals surface area contributed by atoms with E-state index < -0.39 is 5.92 Å². The molecule has 1 heterocycles. The fourth-order valence-electron chi connectivity index (χ4n) is 5.27. The molecule has 0 aliphatic carbocycles. The molecule has 0 aromatic heterocycles. The summed E-state index contributed by atoms with van der Waals surface area (Å²) >= 11 is 0. The summed E-state index contributed by atoms with van der Waals surface area (Å²) in [6.45, 7) is 2.41. The van der Waals surface area contributed by atoms with Gasteiger partial charge in [-0.2, -0.15) is 0 Å². The van der Waals surface area contributed by atoms with Crippen LogP contribution in [0.4, 0.5) is 11.4 Å². The molecule has 0 bridgehead atoms. The van der Waals surface area contributed by atoms with Gasteiger partial charge in [-0.3, -0.25) is 9.59 Å². The summed E-state index contributed by atoms with van der Waals surface area (Å²) in [7, 11) is 0. The molecule has 1 aliphatic heterocycles. The lowest BCUT2D eigenvalue weighted by molar-refractivity contribution is -0.116. The van der Waals surface area contributed by atoms with Crippen molar-refractivity contribution in [3.63, 3.8) is 0 Å². The molecular formula is C34H35N3O2. The van der Waals surface area contributed by atoms with Gasteiger partial charge in [-0.05, 0) is 60.6 Å². The Hall–Kier alpha value is -4.38. The normalized spacial score (nSPS) is 13.2. The van der Waals surface area contributed by atoms with Crippen molar-refractivity contribution in [1.29, 1.82) is 0 Å². The molecule has 5 nitrogen and oxygen atoms in total. The first-order chi connectivity index (χ1) is 19.2. The third-order valence-electron chi connectivity index (χ3n) is 7.28. The Morgan fingerprint density at radius 2 is 1.31 bits per heavy atom. The van der Waals surface area contributed by atoms with Crippen LogP contribution in [0.25, 0.3) is 0 Å². The number of carbonyl (C=O) groups excluding carboxylic acids is 2. The molecule has 0 atom stereocenters. The first-order valence-electron chi connectivity index (χ1n) is 13.8. The zero-order valence-electron chi connectivity index (χ0n) is 22.2.